The fourth-order valence-corrected chi connectivity index (χ4v) is 2.29. The van der Waals surface area contributed by atoms with Gasteiger partial charge in [-0.1, -0.05) is 29.3 Å². The Kier molecular flexibility index (Phi) is 4.19. The van der Waals surface area contributed by atoms with Gasteiger partial charge >= 0.3 is 6.09 Å². The first-order valence-corrected chi connectivity index (χ1v) is 6.32. The molecule has 0 radical (unpaired) electrons. The molecule has 0 saturated carbocycles. The molecular formula is C12H12Cl2N2O3. The van der Waals surface area contributed by atoms with E-state index in [1.807, 2.05) is 12.1 Å². The third-order valence-corrected chi connectivity index (χ3v) is 3.56. The summed E-state index contributed by atoms with van der Waals surface area (Å²) in [4.78, 5) is 13.6. The van der Waals surface area contributed by atoms with Crippen LogP contribution in [0.1, 0.15) is 5.69 Å². The number of nitrogens with one attached hydrogen (secondary N) is 2. The smallest absolute Gasteiger partial charge is 0.404 e. The van der Waals surface area contributed by atoms with Crippen LogP contribution >= 0.6 is 23.2 Å². The van der Waals surface area contributed by atoms with E-state index in [-0.39, 0.29) is 6.61 Å². The van der Waals surface area contributed by atoms with Crippen molar-refractivity contribution in [1.82, 2.24) is 10.3 Å². The van der Waals surface area contributed by atoms with E-state index in [0.29, 0.717) is 22.0 Å². The molecule has 102 valence electrons. The quantitative estimate of drug-likeness (QED) is 0.700. The van der Waals surface area contributed by atoms with Crippen molar-refractivity contribution >= 4 is 40.2 Å². The Morgan fingerprint density at radius 1 is 1.42 bits per heavy atom. The normalized spacial score (nSPS) is 12.6. The van der Waals surface area contributed by atoms with Crippen molar-refractivity contribution in [3.63, 3.8) is 0 Å². The lowest BCUT2D eigenvalue weighted by Crippen LogP contribution is -2.38. The largest absolute Gasteiger partial charge is 0.465 e. The zero-order valence-electron chi connectivity index (χ0n) is 9.78. The molecule has 2 rings (SSSR count). The Bertz CT molecular complexity index is 612. The molecule has 0 aliphatic heterocycles. The molecule has 1 heterocycles. The Hall–Kier alpha value is -1.43. The summed E-state index contributed by atoms with van der Waals surface area (Å²) in [5, 5.41) is 21.8. The summed E-state index contributed by atoms with van der Waals surface area (Å²) in [5.74, 6) is 0. The average Bonchev–Trinajstić information content (AvgIpc) is 2.76. The van der Waals surface area contributed by atoms with Crippen LogP contribution in [0.3, 0.4) is 0 Å². The Morgan fingerprint density at radius 3 is 2.79 bits per heavy atom. The van der Waals surface area contributed by atoms with Gasteiger partial charge in [0.2, 0.25) is 0 Å². The lowest BCUT2D eigenvalue weighted by atomic mass is 10.1. The molecule has 7 heteroatoms. The van der Waals surface area contributed by atoms with Gasteiger partial charge in [0.15, 0.2) is 0 Å². The van der Waals surface area contributed by atoms with Gasteiger partial charge in [-0.2, -0.15) is 0 Å². The minimum absolute atomic E-state index is 0.282. The zero-order valence-corrected chi connectivity index (χ0v) is 11.3. The molecular weight excluding hydrogens is 291 g/mol. The summed E-state index contributed by atoms with van der Waals surface area (Å²) in [6.07, 6.45) is -0.831. The molecule has 1 amide bonds. The summed E-state index contributed by atoms with van der Waals surface area (Å²) < 4.78 is 0. The van der Waals surface area contributed by atoms with Crippen molar-refractivity contribution in [2.45, 2.75) is 12.5 Å². The first-order valence-electron chi connectivity index (χ1n) is 5.57. The summed E-state index contributed by atoms with van der Waals surface area (Å²) in [7, 11) is 0. The predicted molar refractivity (Wildman–Crippen MR) is 74.1 cm³/mol. The molecule has 0 aliphatic carbocycles. The van der Waals surface area contributed by atoms with E-state index in [9.17, 15) is 4.79 Å². The monoisotopic (exact) mass is 302 g/mol. The van der Waals surface area contributed by atoms with E-state index in [0.717, 1.165) is 11.1 Å². The minimum atomic E-state index is -1.17. The van der Waals surface area contributed by atoms with Crippen LogP contribution in [0.25, 0.3) is 10.9 Å². The highest BCUT2D eigenvalue weighted by atomic mass is 35.5. The maximum atomic E-state index is 10.6. The van der Waals surface area contributed by atoms with E-state index in [2.05, 4.69) is 10.3 Å². The molecule has 2 aromatic rings. The Labute approximate surface area is 119 Å². The molecule has 1 aromatic heterocycles. The maximum Gasteiger partial charge on any atom is 0.404 e. The van der Waals surface area contributed by atoms with E-state index < -0.39 is 12.1 Å². The number of hydrogen-bond acceptors (Lipinski definition) is 2. The molecule has 0 fully saturated rings. The molecule has 0 saturated heterocycles. The number of hydrogen-bond donors (Lipinski definition) is 4. The van der Waals surface area contributed by atoms with Gasteiger partial charge < -0.3 is 20.5 Å². The second-order valence-electron chi connectivity index (χ2n) is 4.15. The predicted octanol–water partition coefficient (Wildman–Crippen LogP) is 2.65. The van der Waals surface area contributed by atoms with Gasteiger partial charge in [-0.3, -0.25) is 0 Å². The van der Waals surface area contributed by atoms with Gasteiger partial charge in [0.1, 0.15) is 0 Å². The van der Waals surface area contributed by atoms with E-state index in [4.69, 9.17) is 33.4 Å². The van der Waals surface area contributed by atoms with Gasteiger partial charge in [-0.15, -0.1) is 0 Å². The number of benzene rings is 1. The zero-order chi connectivity index (χ0) is 14.0. The van der Waals surface area contributed by atoms with Gasteiger partial charge in [0, 0.05) is 17.5 Å². The van der Waals surface area contributed by atoms with Crippen LogP contribution in [0.5, 0.6) is 0 Å². The number of carbonyl (C=O) groups is 1. The number of rotatable bonds is 4. The van der Waals surface area contributed by atoms with Gasteiger partial charge in [0.25, 0.3) is 0 Å². The van der Waals surface area contributed by atoms with E-state index >= 15 is 0 Å². The second-order valence-corrected chi connectivity index (χ2v) is 4.94. The molecule has 5 nitrogen and oxygen atoms in total. The number of fused-ring (bicyclic) bond motifs is 1. The van der Waals surface area contributed by atoms with Crippen molar-refractivity contribution in [3.8, 4) is 0 Å². The number of carboxylic acid groups (broad SMARTS) is 1. The maximum absolute atomic E-state index is 10.6. The molecule has 0 bridgehead atoms. The van der Waals surface area contributed by atoms with Gasteiger partial charge in [0.05, 0.1) is 28.2 Å². The molecule has 0 spiro atoms. The Balaban J connectivity index is 2.26. The van der Waals surface area contributed by atoms with Crippen LogP contribution in [-0.4, -0.2) is 33.9 Å². The van der Waals surface area contributed by atoms with E-state index in [1.54, 1.807) is 6.07 Å². The van der Waals surface area contributed by atoms with E-state index in [1.165, 1.54) is 0 Å². The molecule has 0 aliphatic rings. The average molecular weight is 303 g/mol. The SMILES string of the molecule is O=C(O)NC(CO)Cc1cc2ccc(Cl)c(Cl)c2[nH]1. The Morgan fingerprint density at radius 2 is 2.16 bits per heavy atom. The van der Waals surface area contributed by atoms with Gasteiger partial charge in [-0.25, -0.2) is 4.79 Å². The number of halogens is 2. The topological polar surface area (TPSA) is 85.3 Å². The second kappa shape index (κ2) is 5.69. The summed E-state index contributed by atoms with van der Waals surface area (Å²) in [5.41, 5.74) is 1.48. The lowest BCUT2D eigenvalue weighted by molar-refractivity contribution is 0.177. The van der Waals surface area contributed by atoms with Crippen molar-refractivity contribution in [2.24, 2.45) is 0 Å². The molecule has 4 N–H and O–H groups in total. The third kappa shape index (κ3) is 3.12. The minimum Gasteiger partial charge on any atom is -0.465 e. The fourth-order valence-electron chi connectivity index (χ4n) is 1.91. The van der Waals surface area contributed by atoms with Crippen LogP contribution in [0.15, 0.2) is 18.2 Å². The highest BCUT2D eigenvalue weighted by Crippen LogP contribution is 2.30. The van der Waals surface area contributed by atoms with Crippen molar-refractivity contribution in [3.05, 3.63) is 33.9 Å². The lowest BCUT2D eigenvalue weighted by Gasteiger charge is -2.12. The number of H-pyrrole nitrogens is 1. The van der Waals surface area contributed by atoms with Crippen LogP contribution in [0.4, 0.5) is 4.79 Å². The van der Waals surface area contributed by atoms with Gasteiger partial charge in [-0.05, 0) is 12.1 Å². The molecule has 1 aromatic carbocycles. The number of aliphatic hydroxyl groups is 1. The highest BCUT2D eigenvalue weighted by Gasteiger charge is 2.14. The van der Waals surface area contributed by atoms with Crippen LogP contribution in [0, 0.1) is 0 Å². The van der Waals surface area contributed by atoms with Crippen LogP contribution in [0.2, 0.25) is 10.0 Å². The highest BCUT2D eigenvalue weighted by molar-refractivity contribution is 6.45. The summed E-state index contributed by atoms with van der Waals surface area (Å²) in [6.45, 7) is -0.282. The molecule has 1 unspecified atom stereocenters. The molecule has 1 atom stereocenters. The first-order chi connectivity index (χ1) is 9.01. The van der Waals surface area contributed by atoms with Crippen molar-refractivity contribution in [1.29, 1.82) is 0 Å². The number of aliphatic hydroxyl groups excluding tert-OH is 1. The number of aromatic amines is 1. The summed E-state index contributed by atoms with van der Waals surface area (Å²) >= 11 is 12.0. The third-order valence-electron chi connectivity index (χ3n) is 2.76. The van der Waals surface area contributed by atoms with Crippen LogP contribution in [-0.2, 0) is 6.42 Å². The van der Waals surface area contributed by atoms with Crippen LogP contribution < -0.4 is 5.32 Å². The number of aromatic nitrogens is 1. The summed E-state index contributed by atoms with van der Waals surface area (Å²) in [6, 6.07) is 4.80. The fraction of sp³-hybridized carbons (Fsp3) is 0.250. The van der Waals surface area contributed by atoms with Crippen molar-refractivity contribution in [2.75, 3.05) is 6.61 Å². The standard InChI is InChI=1S/C12H12Cl2N2O3/c13-9-2-1-6-3-7(15-11(6)10(9)14)4-8(5-17)16-12(18)19/h1-3,8,15-17H,4-5H2,(H,18,19). The van der Waals surface area contributed by atoms with Crippen molar-refractivity contribution < 1.29 is 15.0 Å². The number of amides is 1. The molecule has 19 heavy (non-hydrogen) atoms. The first kappa shape index (κ1) is 14.0.